The third-order valence-electron chi connectivity index (χ3n) is 3.98. The minimum absolute atomic E-state index is 0.0724. The molecule has 0 spiro atoms. The summed E-state index contributed by atoms with van der Waals surface area (Å²) in [5, 5.41) is 3.50. The second-order valence-corrected chi connectivity index (χ2v) is 6.12. The number of halogens is 1. The molecular formula is C20H19ClN2O2. The fourth-order valence-electron chi connectivity index (χ4n) is 2.73. The van der Waals surface area contributed by atoms with Gasteiger partial charge < -0.3 is 14.6 Å². The Hall–Kier alpha value is -2.72. The van der Waals surface area contributed by atoms with Crippen molar-refractivity contribution in [3.05, 3.63) is 83.6 Å². The number of nitrogens with zero attached hydrogens (tertiary/aromatic N) is 1. The van der Waals surface area contributed by atoms with Crippen LogP contribution in [0.15, 0.2) is 73.1 Å². The van der Waals surface area contributed by atoms with Gasteiger partial charge in [0.15, 0.2) is 0 Å². The minimum Gasteiger partial charge on any atom is -0.497 e. The molecule has 1 N–H and O–H groups in total. The number of aromatic nitrogens is 1. The second kappa shape index (κ2) is 7.90. The van der Waals surface area contributed by atoms with Crippen molar-refractivity contribution in [2.75, 3.05) is 12.4 Å². The van der Waals surface area contributed by atoms with Crippen molar-refractivity contribution in [2.24, 2.45) is 0 Å². The molecule has 0 aliphatic heterocycles. The van der Waals surface area contributed by atoms with Crippen molar-refractivity contribution in [1.82, 2.24) is 4.57 Å². The van der Waals surface area contributed by atoms with Gasteiger partial charge in [-0.3, -0.25) is 4.79 Å². The van der Waals surface area contributed by atoms with Crippen molar-refractivity contribution in [3.8, 4) is 5.75 Å². The number of benzene rings is 2. The average molecular weight is 355 g/mol. The topological polar surface area (TPSA) is 43.3 Å². The van der Waals surface area contributed by atoms with Crippen LogP contribution in [-0.2, 0) is 4.79 Å². The van der Waals surface area contributed by atoms with E-state index in [1.807, 2.05) is 65.5 Å². The molecule has 1 heterocycles. The molecule has 1 amide bonds. The molecule has 0 bridgehead atoms. The van der Waals surface area contributed by atoms with Crippen LogP contribution in [0.5, 0.6) is 5.75 Å². The molecule has 0 saturated carbocycles. The zero-order valence-electron chi connectivity index (χ0n) is 13.9. The summed E-state index contributed by atoms with van der Waals surface area (Å²) in [5.74, 6) is 0.718. The molecule has 2 aromatic carbocycles. The first kappa shape index (κ1) is 17.1. The van der Waals surface area contributed by atoms with E-state index < -0.39 is 0 Å². The molecule has 3 rings (SSSR count). The first-order valence-electron chi connectivity index (χ1n) is 7.97. The highest BCUT2D eigenvalue weighted by molar-refractivity contribution is 6.30. The summed E-state index contributed by atoms with van der Waals surface area (Å²) in [4.78, 5) is 12.5. The van der Waals surface area contributed by atoms with Gasteiger partial charge in [0.25, 0.3) is 0 Å². The van der Waals surface area contributed by atoms with Crippen molar-refractivity contribution in [3.63, 3.8) is 0 Å². The molecule has 0 fully saturated rings. The number of methoxy groups -OCH3 is 1. The van der Waals surface area contributed by atoms with Crippen LogP contribution in [0.1, 0.15) is 18.0 Å². The van der Waals surface area contributed by atoms with Gasteiger partial charge in [0, 0.05) is 23.1 Å². The van der Waals surface area contributed by atoms with Crippen LogP contribution in [0.2, 0.25) is 5.02 Å². The zero-order valence-corrected chi connectivity index (χ0v) is 14.6. The van der Waals surface area contributed by atoms with Crippen molar-refractivity contribution < 1.29 is 9.53 Å². The summed E-state index contributed by atoms with van der Waals surface area (Å²) >= 11 is 5.97. The molecule has 1 atom stereocenters. The van der Waals surface area contributed by atoms with Crippen LogP contribution in [0.3, 0.4) is 0 Å². The maximum Gasteiger partial charge on any atom is 0.226 e. The monoisotopic (exact) mass is 354 g/mol. The summed E-state index contributed by atoms with van der Waals surface area (Å²) < 4.78 is 7.24. The number of hydrogen-bond acceptors (Lipinski definition) is 2. The zero-order chi connectivity index (χ0) is 17.6. The number of carbonyl (C=O) groups is 1. The normalized spacial score (nSPS) is 11.8. The first-order chi connectivity index (χ1) is 12.2. The Labute approximate surface area is 152 Å². The van der Waals surface area contributed by atoms with Gasteiger partial charge in [0.1, 0.15) is 5.75 Å². The van der Waals surface area contributed by atoms with E-state index in [0.717, 1.165) is 11.3 Å². The molecule has 5 heteroatoms. The summed E-state index contributed by atoms with van der Waals surface area (Å²) in [6.07, 6.45) is 4.23. The van der Waals surface area contributed by atoms with Crippen molar-refractivity contribution >= 4 is 23.2 Å². The van der Waals surface area contributed by atoms with Gasteiger partial charge in [-0.15, -0.1) is 0 Å². The highest BCUT2D eigenvalue weighted by Gasteiger charge is 2.17. The number of hydrogen-bond donors (Lipinski definition) is 1. The molecule has 0 aliphatic carbocycles. The standard InChI is InChI=1S/C20H19ClN2O2/c1-25-18-9-7-15(8-10-18)19(23-11-2-3-12-23)14-20(24)22-17-6-4-5-16(21)13-17/h2-13,19H,14H2,1H3,(H,22,24). The summed E-state index contributed by atoms with van der Waals surface area (Å²) in [6.45, 7) is 0. The predicted molar refractivity (Wildman–Crippen MR) is 100 cm³/mol. The van der Waals surface area contributed by atoms with Gasteiger partial charge in [0.05, 0.1) is 19.6 Å². The van der Waals surface area contributed by atoms with E-state index in [-0.39, 0.29) is 11.9 Å². The lowest BCUT2D eigenvalue weighted by Gasteiger charge is -2.19. The Morgan fingerprint density at radius 3 is 2.48 bits per heavy atom. The lowest BCUT2D eigenvalue weighted by atomic mass is 10.0. The Morgan fingerprint density at radius 1 is 1.12 bits per heavy atom. The van der Waals surface area contributed by atoms with E-state index in [9.17, 15) is 4.79 Å². The highest BCUT2D eigenvalue weighted by Crippen LogP contribution is 2.25. The van der Waals surface area contributed by atoms with Crippen LogP contribution < -0.4 is 10.1 Å². The highest BCUT2D eigenvalue weighted by atomic mass is 35.5. The quantitative estimate of drug-likeness (QED) is 0.693. The lowest BCUT2D eigenvalue weighted by molar-refractivity contribution is -0.116. The van der Waals surface area contributed by atoms with Gasteiger partial charge in [0.2, 0.25) is 5.91 Å². The van der Waals surface area contributed by atoms with Crippen molar-refractivity contribution in [1.29, 1.82) is 0 Å². The molecular weight excluding hydrogens is 336 g/mol. The summed E-state index contributed by atoms with van der Waals surface area (Å²) in [7, 11) is 1.64. The molecule has 1 unspecified atom stereocenters. The van der Waals surface area contributed by atoms with Gasteiger partial charge in [-0.1, -0.05) is 29.8 Å². The first-order valence-corrected chi connectivity index (χ1v) is 8.35. The largest absolute Gasteiger partial charge is 0.497 e. The van der Waals surface area contributed by atoms with E-state index in [0.29, 0.717) is 17.1 Å². The molecule has 25 heavy (non-hydrogen) atoms. The Morgan fingerprint density at radius 2 is 1.84 bits per heavy atom. The van der Waals surface area contributed by atoms with Gasteiger partial charge >= 0.3 is 0 Å². The molecule has 3 aromatic rings. The fourth-order valence-corrected chi connectivity index (χ4v) is 2.92. The number of ether oxygens (including phenoxy) is 1. The molecule has 0 aliphatic rings. The maximum absolute atomic E-state index is 12.5. The Bertz CT molecular complexity index is 829. The van der Waals surface area contributed by atoms with E-state index in [2.05, 4.69) is 5.32 Å². The third kappa shape index (κ3) is 4.43. The van der Waals surface area contributed by atoms with Crippen LogP contribution in [0.4, 0.5) is 5.69 Å². The summed E-state index contributed by atoms with van der Waals surface area (Å²) in [6, 6.07) is 18.7. The van der Waals surface area contributed by atoms with Crippen LogP contribution in [0, 0.1) is 0 Å². The third-order valence-corrected chi connectivity index (χ3v) is 4.21. The fraction of sp³-hybridized carbons (Fsp3) is 0.150. The second-order valence-electron chi connectivity index (χ2n) is 5.68. The molecule has 128 valence electrons. The van der Waals surface area contributed by atoms with Crippen LogP contribution in [-0.4, -0.2) is 17.6 Å². The van der Waals surface area contributed by atoms with E-state index in [1.54, 1.807) is 19.2 Å². The molecule has 1 aromatic heterocycles. The summed E-state index contributed by atoms with van der Waals surface area (Å²) in [5.41, 5.74) is 1.73. The number of nitrogens with one attached hydrogen (secondary N) is 1. The lowest BCUT2D eigenvalue weighted by Crippen LogP contribution is -2.19. The number of anilines is 1. The Kier molecular flexibility index (Phi) is 5.41. The number of rotatable bonds is 6. The van der Waals surface area contributed by atoms with Crippen molar-refractivity contribution in [2.45, 2.75) is 12.5 Å². The Balaban J connectivity index is 1.79. The van der Waals surface area contributed by atoms with E-state index in [4.69, 9.17) is 16.3 Å². The minimum atomic E-state index is -0.0971. The molecule has 0 radical (unpaired) electrons. The molecule has 4 nitrogen and oxygen atoms in total. The van der Waals surface area contributed by atoms with E-state index >= 15 is 0 Å². The van der Waals surface area contributed by atoms with Gasteiger partial charge in [-0.05, 0) is 48.0 Å². The SMILES string of the molecule is COc1ccc(C(CC(=O)Nc2cccc(Cl)c2)n2cccc2)cc1. The average Bonchev–Trinajstić information content (AvgIpc) is 3.14. The predicted octanol–water partition coefficient (Wildman–Crippen LogP) is 4.77. The van der Waals surface area contributed by atoms with Gasteiger partial charge in [-0.25, -0.2) is 0 Å². The number of amides is 1. The van der Waals surface area contributed by atoms with Crippen LogP contribution >= 0.6 is 11.6 Å². The van der Waals surface area contributed by atoms with E-state index in [1.165, 1.54) is 0 Å². The van der Waals surface area contributed by atoms with Gasteiger partial charge in [-0.2, -0.15) is 0 Å². The maximum atomic E-state index is 12.5. The number of carbonyl (C=O) groups excluding carboxylic acids is 1. The molecule has 0 saturated heterocycles. The smallest absolute Gasteiger partial charge is 0.226 e. The van der Waals surface area contributed by atoms with Crippen LogP contribution in [0.25, 0.3) is 0 Å².